The van der Waals surface area contributed by atoms with Gasteiger partial charge in [0.1, 0.15) is 0 Å². The zero-order chi connectivity index (χ0) is 11.0. The van der Waals surface area contributed by atoms with E-state index in [0.717, 1.165) is 43.4 Å². The lowest BCUT2D eigenvalue weighted by molar-refractivity contribution is 0.183. The average molecular weight is 221 g/mol. The molecule has 2 bridgehead atoms. The van der Waals surface area contributed by atoms with E-state index in [9.17, 15) is 0 Å². The van der Waals surface area contributed by atoms with E-state index in [1.54, 1.807) is 0 Å². The van der Waals surface area contributed by atoms with E-state index in [1.165, 1.54) is 19.3 Å². The van der Waals surface area contributed by atoms with Gasteiger partial charge in [0, 0.05) is 19.2 Å². The maximum Gasteiger partial charge on any atom is 0.0507 e. The Bertz CT molecular complexity index is 270. The predicted molar refractivity (Wildman–Crippen MR) is 65.2 cm³/mol. The lowest BCUT2D eigenvalue weighted by Crippen LogP contribution is -2.38. The minimum atomic E-state index is 0.681. The lowest BCUT2D eigenvalue weighted by atomic mass is 9.87. The molecule has 1 saturated heterocycles. The van der Waals surface area contributed by atoms with Crippen molar-refractivity contribution in [1.29, 1.82) is 0 Å². The summed E-state index contributed by atoms with van der Waals surface area (Å²) in [6.45, 7) is 5.46. The molecule has 2 heteroatoms. The number of fused-ring (bicyclic) bond motifs is 2. The fourth-order valence-corrected chi connectivity index (χ4v) is 3.65. The van der Waals surface area contributed by atoms with Crippen molar-refractivity contribution < 1.29 is 4.74 Å². The monoisotopic (exact) mass is 221 g/mol. The highest BCUT2D eigenvalue weighted by atomic mass is 16.5. The maximum atomic E-state index is 5.41. The van der Waals surface area contributed by atoms with Gasteiger partial charge in [-0.25, -0.2) is 0 Å². The number of hydrogen-bond donors (Lipinski definition) is 1. The quantitative estimate of drug-likeness (QED) is 0.735. The molecule has 0 aromatic heterocycles. The molecule has 5 atom stereocenters. The van der Waals surface area contributed by atoms with Crippen molar-refractivity contribution in [3.63, 3.8) is 0 Å². The van der Waals surface area contributed by atoms with Crippen LogP contribution in [0.15, 0.2) is 12.2 Å². The molecule has 0 amide bonds. The summed E-state index contributed by atoms with van der Waals surface area (Å²) in [7, 11) is 0. The first kappa shape index (κ1) is 10.8. The van der Waals surface area contributed by atoms with Crippen molar-refractivity contribution in [1.82, 2.24) is 5.32 Å². The van der Waals surface area contributed by atoms with E-state index in [1.807, 2.05) is 0 Å². The van der Waals surface area contributed by atoms with Crippen molar-refractivity contribution in [3.05, 3.63) is 12.2 Å². The Kier molecular flexibility index (Phi) is 3.03. The molecule has 1 N–H and O–H groups in total. The molecule has 0 radical (unpaired) electrons. The highest BCUT2D eigenvalue weighted by Gasteiger charge is 2.38. The van der Waals surface area contributed by atoms with Gasteiger partial charge in [0.25, 0.3) is 0 Å². The van der Waals surface area contributed by atoms with Crippen LogP contribution >= 0.6 is 0 Å². The molecule has 1 heterocycles. The van der Waals surface area contributed by atoms with Crippen LogP contribution in [0.25, 0.3) is 0 Å². The Labute approximate surface area is 98.4 Å². The second-order valence-electron chi connectivity index (χ2n) is 5.87. The minimum Gasteiger partial charge on any atom is -0.381 e. The third kappa shape index (κ3) is 2.05. The zero-order valence-corrected chi connectivity index (χ0v) is 10.2. The summed E-state index contributed by atoms with van der Waals surface area (Å²) in [5.41, 5.74) is 0. The highest BCUT2D eigenvalue weighted by molar-refractivity contribution is 5.11. The fourth-order valence-electron chi connectivity index (χ4n) is 3.65. The van der Waals surface area contributed by atoms with Gasteiger partial charge in [-0.3, -0.25) is 0 Å². The van der Waals surface area contributed by atoms with E-state index in [0.29, 0.717) is 6.04 Å². The highest BCUT2D eigenvalue weighted by Crippen LogP contribution is 2.44. The zero-order valence-electron chi connectivity index (χ0n) is 10.2. The molecule has 2 aliphatic carbocycles. The van der Waals surface area contributed by atoms with Crippen LogP contribution in [0.5, 0.6) is 0 Å². The Morgan fingerprint density at radius 3 is 2.94 bits per heavy atom. The van der Waals surface area contributed by atoms with E-state index in [2.05, 4.69) is 24.4 Å². The largest absolute Gasteiger partial charge is 0.381 e. The summed E-state index contributed by atoms with van der Waals surface area (Å²) in [5.74, 6) is 3.41. The molecule has 5 unspecified atom stereocenters. The van der Waals surface area contributed by atoms with Gasteiger partial charge < -0.3 is 10.1 Å². The van der Waals surface area contributed by atoms with Crippen molar-refractivity contribution in [2.75, 3.05) is 19.8 Å². The van der Waals surface area contributed by atoms with E-state index < -0.39 is 0 Å². The van der Waals surface area contributed by atoms with Crippen LogP contribution in [0.3, 0.4) is 0 Å². The van der Waals surface area contributed by atoms with E-state index >= 15 is 0 Å². The average Bonchev–Trinajstić information content (AvgIpc) is 3.01. The molecule has 3 rings (SSSR count). The van der Waals surface area contributed by atoms with E-state index in [4.69, 9.17) is 4.74 Å². The van der Waals surface area contributed by atoms with Crippen LogP contribution in [-0.4, -0.2) is 25.8 Å². The number of ether oxygens (including phenoxy) is 1. The van der Waals surface area contributed by atoms with Gasteiger partial charge in [-0.05, 0) is 49.9 Å². The molecular formula is C14H23NO. The van der Waals surface area contributed by atoms with Crippen LogP contribution in [0.4, 0.5) is 0 Å². The number of hydrogen-bond acceptors (Lipinski definition) is 2. The first-order chi connectivity index (χ1) is 7.83. The molecule has 2 nitrogen and oxygen atoms in total. The smallest absolute Gasteiger partial charge is 0.0507 e. The molecule has 0 spiro atoms. The number of nitrogens with one attached hydrogen (secondary N) is 1. The van der Waals surface area contributed by atoms with Crippen LogP contribution in [0.1, 0.15) is 26.2 Å². The van der Waals surface area contributed by atoms with Gasteiger partial charge >= 0.3 is 0 Å². The Hall–Kier alpha value is -0.340. The molecule has 1 saturated carbocycles. The molecule has 90 valence electrons. The van der Waals surface area contributed by atoms with Gasteiger partial charge in [0.2, 0.25) is 0 Å². The van der Waals surface area contributed by atoms with Crippen LogP contribution in [0, 0.1) is 23.7 Å². The topological polar surface area (TPSA) is 21.3 Å². The second-order valence-corrected chi connectivity index (χ2v) is 5.87. The van der Waals surface area contributed by atoms with Gasteiger partial charge in [-0.1, -0.05) is 12.2 Å². The third-order valence-electron chi connectivity index (χ3n) is 4.72. The normalized spacial score (nSPS) is 43.1. The van der Waals surface area contributed by atoms with Crippen molar-refractivity contribution in [2.45, 2.75) is 32.2 Å². The standard InChI is InChI=1S/C14H23NO/c1-10(15-8-12-4-5-16-9-12)14-7-11-2-3-13(14)6-11/h2-3,10-15H,4-9H2,1H3. The summed E-state index contributed by atoms with van der Waals surface area (Å²) in [5, 5.41) is 3.74. The maximum absolute atomic E-state index is 5.41. The Morgan fingerprint density at radius 1 is 1.38 bits per heavy atom. The van der Waals surface area contributed by atoms with Gasteiger partial charge in [-0.15, -0.1) is 0 Å². The van der Waals surface area contributed by atoms with Crippen LogP contribution in [-0.2, 0) is 4.74 Å². The summed E-state index contributed by atoms with van der Waals surface area (Å²) in [6, 6.07) is 0.681. The van der Waals surface area contributed by atoms with Crippen LogP contribution in [0.2, 0.25) is 0 Å². The minimum absolute atomic E-state index is 0.681. The number of allylic oxidation sites excluding steroid dienone is 2. The van der Waals surface area contributed by atoms with Crippen molar-refractivity contribution >= 4 is 0 Å². The molecule has 2 fully saturated rings. The summed E-state index contributed by atoms with van der Waals surface area (Å²) < 4.78 is 5.41. The summed E-state index contributed by atoms with van der Waals surface area (Å²) >= 11 is 0. The second kappa shape index (κ2) is 4.50. The first-order valence-corrected chi connectivity index (χ1v) is 6.82. The molecular weight excluding hydrogens is 198 g/mol. The first-order valence-electron chi connectivity index (χ1n) is 6.82. The van der Waals surface area contributed by atoms with Crippen LogP contribution < -0.4 is 5.32 Å². The molecule has 16 heavy (non-hydrogen) atoms. The van der Waals surface area contributed by atoms with Gasteiger partial charge in [0.05, 0.1) is 6.61 Å². The molecule has 3 aliphatic rings. The molecule has 0 aromatic carbocycles. The Balaban J connectivity index is 1.46. The van der Waals surface area contributed by atoms with Crippen molar-refractivity contribution in [3.8, 4) is 0 Å². The SMILES string of the molecule is CC(NCC1CCOC1)C1CC2C=CC1C2. The predicted octanol–water partition coefficient (Wildman–Crippen LogP) is 2.21. The molecule has 1 aliphatic heterocycles. The lowest BCUT2D eigenvalue weighted by Gasteiger charge is -2.27. The number of rotatable bonds is 4. The summed E-state index contributed by atoms with van der Waals surface area (Å²) in [4.78, 5) is 0. The fraction of sp³-hybridized carbons (Fsp3) is 0.857. The van der Waals surface area contributed by atoms with Crippen molar-refractivity contribution in [2.24, 2.45) is 23.7 Å². The van der Waals surface area contributed by atoms with Gasteiger partial charge in [0.15, 0.2) is 0 Å². The molecule has 0 aromatic rings. The summed E-state index contributed by atoms with van der Waals surface area (Å²) in [6.07, 6.45) is 8.96. The Morgan fingerprint density at radius 2 is 2.31 bits per heavy atom. The van der Waals surface area contributed by atoms with E-state index in [-0.39, 0.29) is 0 Å². The third-order valence-corrected chi connectivity index (χ3v) is 4.72. The van der Waals surface area contributed by atoms with Gasteiger partial charge in [-0.2, -0.15) is 0 Å².